The Hall–Kier alpha value is -2.24. The minimum Gasteiger partial charge on any atom is -0.267 e. The number of nitro benzene ring substituents is 1. The second kappa shape index (κ2) is 5.59. The standard InChI is InChI=1S/C10H11N3O3/c1-2-6-11-12-10(14)8-4-3-5-9(7-8)13(15)16/h3-7H,2H2,1H3,(H,12,14)/b11-6-. The fraction of sp³-hybridized carbons (Fsp3) is 0.200. The highest BCUT2D eigenvalue weighted by Gasteiger charge is 2.10. The number of benzene rings is 1. The van der Waals surface area contributed by atoms with Crippen LogP contribution in [-0.2, 0) is 0 Å². The van der Waals surface area contributed by atoms with Crippen LogP contribution in [-0.4, -0.2) is 17.0 Å². The van der Waals surface area contributed by atoms with Crippen molar-refractivity contribution in [2.24, 2.45) is 5.10 Å². The monoisotopic (exact) mass is 221 g/mol. The number of hydrogen-bond acceptors (Lipinski definition) is 4. The van der Waals surface area contributed by atoms with Gasteiger partial charge in [-0.3, -0.25) is 14.9 Å². The van der Waals surface area contributed by atoms with Gasteiger partial charge >= 0.3 is 0 Å². The Kier molecular flexibility index (Phi) is 4.14. The normalized spacial score (nSPS) is 10.3. The summed E-state index contributed by atoms with van der Waals surface area (Å²) < 4.78 is 0. The van der Waals surface area contributed by atoms with Crippen LogP contribution in [0.3, 0.4) is 0 Å². The van der Waals surface area contributed by atoms with Gasteiger partial charge in [0.05, 0.1) is 4.92 Å². The van der Waals surface area contributed by atoms with E-state index >= 15 is 0 Å². The number of nitrogens with one attached hydrogen (secondary N) is 1. The molecule has 16 heavy (non-hydrogen) atoms. The molecule has 0 bridgehead atoms. The van der Waals surface area contributed by atoms with Gasteiger partial charge in [0, 0.05) is 23.9 Å². The van der Waals surface area contributed by atoms with Crippen LogP contribution >= 0.6 is 0 Å². The highest BCUT2D eigenvalue weighted by atomic mass is 16.6. The van der Waals surface area contributed by atoms with Crippen LogP contribution in [0.15, 0.2) is 29.4 Å². The fourth-order valence-corrected chi connectivity index (χ4v) is 1.02. The van der Waals surface area contributed by atoms with Gasteiger partial charge in [0.25, 0.3) is 11.6 Å². The highest BCUT2D eigenvalue weighted by Crippen LogP contribution is 2.12. The number of nitro groups is 1. The Morgan fingerprint density at radius 2 is 2.38 bits per heavy atom. The quantitative estimate of drug-likeness (QED) is 0.477. The van der Waals surface area contributed by atoms with E-state index in [1.807, 2.05) is 6.92 Å². The summed E-state index contributed by atoms with van der Waals surface area (Å²) in [4.78, 5) is 21.4. The summed E-state index contributed by atoms with van der Waals surface area (Å²) in [7, 11) is 0. The Morgan fingerprint density at radius 3 is 3.00 bits per heavy atom. The van der Waals surface area contributed by atoms with Crippen molar-refractivity contribution in [3.63, 3.8) is 0 Å². The molecule has 0 radical (unpaired) electrons. The lowest BCUT2D eigenvalue weighted by atomic mass is 10.2. The molecule has 0 saturated heterocycles. The topological polar surface area (TPSA) is 84.6 Å². The van der Waals surface area contributed by atoms with Crippen LogP contribution in [0.5, 0.6) is 0 Å². The maximum atomic E-state index is 11.4. The number of hydrogen-bond donors (Lipinski definition) is 1. The van der Waals surface area contributed by atoms with Crippen molar-refractivity contribution >= 4 is 17.8 Å². The van der Waals surface area contributed by atoms with Gasteiger partial charge in [0.2, 0.25) is 0 Å². The molecule has 1 N–H and O–H groups in total. The van der Waals surface area contributed by atoms with E-state index < -0.39 is 10.8 Å². The lowest BCUT2D eigenvalue weighted by Gasteiger charge is -1.99. The molecule has 0 unspecified atom stereocenters. The zero-order valence-electron chi connectivity index (χ0n) is 8.71. The van der Waals surface area contributed by atoms with Crippen LogP contribution in [0.1, 0.15) is 23.7 Å². The molecule has 6 nitrogen and oxygen atoms in total. The van der Waals surface area contributed by atoms with Crippen molar-refractivity contribution in [1.29, 1.82) is 0 Å². The maximum absolute atomic E-state index is 11.4. The smallest absolute Gasteiger partial charge is 0.267 e. The lowest BCUT2D eigenvalue weighted by Crippen LogP contribution is -2.17. The molecule has 0 atom stereocenters. The fourth-order valence-electron chi connectivity index (χ4n) is 1.02. The number of nitrogens with zero attached hydrogens (tertiary/aromatic N) is 2. The Labute approximate surface area is 92.1 Å². The second-order valence-electron chi connectivity index (χ2n) is 2.97. The third-order valence-corrected chi connectivity index (χ3v) is 1.76. The van der Waals surface area contributed by atoms with E-state index in [0.29, 0.717) is 6.42 Å². The Morgan fingerprint density at radius 1 is 1.62 bits per heavy atom. The molecule has 0 aliphatic heterocycles. The summed E-state index contributed by atoms with van der Waals surface area (Å²) in [6, 6.07) is 5.48. The first-order valence-corrected chi connectivity index (χ1v) is 4.71. The van der Waals surface area contributed by atoms with Crippen molar-refractivity contribution in [2.45, 2.75) is 13.3 Å². The molecule has 84 valence electrons. The van der Waals surface area contributed by atoms with E-state index in [2.05, 4.69) is 10.5 Å². The zero-order valence-corrected chi connectivity index (χ0v) is 8.71. The SMILES string of the molecule is CC/C=N\NC(=O)c1cccc([N+](=O)[O-])c1. The van der Waals surface area contributed by atoms with Gasteiger partial charge < -0.3 is 0 Å². The number of hydrazone groups is 1. The van der Waals surface area contributed by atoms with E-state index in [4.69, 9.17) is 0 Å². The maximum Gasteiger partial charge on any atom is 0.271 e. The van der Waals surface area contributed by atoms with Crippen molar-refractivity contribution in [3.05, 3.63) is 39.9 Å². The molecule has 1 aromatic rings. The van der Waals surface area contributed by atoms with E-state index in [-0.39, 0.29) is 11.3 Å². The molecule has 0 aliphatic rings. The average Bonchev–Trinajstić information content (AvgIpc) is 2.29. The number of non-ortho nitro benzene ring substituents is 1. The summed E-state index contributed by atoms with van der Waals surface area (Å²) in [6.45, 7) is 1.88. The molecule has 1 aromatic carbocycles. The van der Waals surface area contributed by atoms with Crippen molar-refractivity contribution < 1.29 is 9.72 Å². The summed E-state index contributed by atoms with van der Waals surface area (Å²) in [5, 5.41) is 14.1. The molecule has 0 fully saturated rings. The third-order valence-electron chi connectivity index (χ3n) is 1.76. The molecule has 0 heterocycles. The van der Waals surface area contributed by atoms with Gasteiger partial charge in [0.15, 0.2) is 0 Å². The van der Waals surface area contributed by atoms with Gasteiger partial charge in [-0.2, -0.15) is 5.10 Å². The molecule has 0 aliphatic carbocycles. The number of carbonyl (C=O) groups is 1. The molecular weight excluding hydrogens is 210 g/mol. The zero-order chi connectivity index (χ0) is 12.0. The highest BCUT2D eigenvalue weighted by molar-refractivity contribution is 5.94. The number of rotatable bonds is 4. The molecule has 0 saturated carbocycles. The van der Waals surface area contributed by atoms with Gasteiger partial charge in [0.1, 0.15) is 0 Å². The first-order chi connectivity index (χ1) is 7.65. The van der Waals surface area contributed by atoms with Gasteiger partial charge in [-0.15, -0.1) is 0 Å². The van der Waals surface area contributed by atoms with Crippen LogP contribution in [0.2, 0.25) is 0 Å². The summed E-state index contributed by atoms with van der Waals surface area (Å²) >= 11 is 0. The molecule has 1 rings (SSSR count). The largest absolute Gasteiger partial charge is 0.271 e. The average molecular weight is 221 g/mol. The number of amides is 1. The molecule has 0 aromatic heterocycles. The lowest BCUT2D eigenvalue weighted by molar-refractivity contribution is -0.384. The van der Waals surface area contributed by atoms with E-state index in [1.165, 1.54) is 30.5 Å². The van der Waals surface area contributed by atoms with Gasteiger partial charge in [-0.05, 0) is 12.5 Å². The van der Waals surface area contributed by atoms with Crippen LogP contribution in [0.25, 0.3) is 0 Å². The van der Waals surface area contributed by atoms with E-state index in [0.717, 1.165) is 0 Å². The Bertz CT molecular complexity index is 429. The predicted octanol–water partition coefficient (Wildman–Crippen LogP) is 1.72. The Balaban J connectivity index is 2.79. The van der Waals surface area contributed by atoms with Crippen molar-refractivity contribution in [2.75, 3.05) is 0 Å². The predicted molar refractivity (Wildman–Crippen MR) is 59.3 cm³/mol. The van der Waals surface area contributed by atoms with Gasteiger partial charge in [-0.25, -0.2) is 5.43 Å². The molecule has 6 heteroatoms. The minimum absolute atomic E-state index is 0.118. The van der Waals surface area contributed by atoms with Crippen molar-refractivity contribution in [3.8, 4) is 0 Å². The summed E-state index contributed by atoms with van der Waals surface area (Å²) in [5.74, 6) is -0.464. The molecule has 0 spiro atoms. The van der Waals surface area contributed by atoms with Crippen LogP contribution < -0.4 is 5.43 Å². The van der Waals surface area contributed by atoms with Crippen molar-refractivity contribution in [1.82, 2.24) is 5.43 Å². The minimum atomic E-state index is -0.550. The first kappa shape index (κ1) is 11.8. The molecule has 1 amide bonds. The van der Waals surface area contributed by atoms with Crippen LogP contribution in [0, 0.1) is 10.1 Å². The number of carbonyl (C=O) groups excluding carboxylic acids is 1. The second-order valence-corrected chi connectivity index (χ2v) is 2.97. The first-order valence-electron chi connectivity index (χ1n) is 4.71. The van der Waals surface area contributed by atoms with E-state index in [9.17, 15) is 14.9 Å². The van der Waals surface area contributed by atoms with Crippen LogP contribution in [0.4, 0.5) is 5.69 Å². The summed E-state index contributed by atoms with van der Waals surface area (Å²) in [5.41, 5.74) is 2.37. The third kappa shape index (κ3) is 3.16. The van der Waals surface area contributed by atoms with E-state index in [1.54, 1.807) is 0 Å². The molecular formula is C10H11N3O3. The summed E-state index contributed by atoms with van der Waals surface area (Å²) in [6.07, 6.45) is 2.24. The van der Waals surface area contributed by atoms with Gasteiger partial charge in [-0.1, -0.05) is 13.0 Å².